The van der Waals surface area contributed by atoms with E-state index in [9.17, 15) is 9.59 Å². The molecule has 1 aliphatic heterocycles. The Morgan fingerprint density at radius 2 is 2.04 bits per heavy atom. The minimum atomic E-state index is -0.0322. The van der Waals surface area contributed by atoms with Crippen LogP contribution >= 0.6 is 0 Å². The number of amides is 1. The summed E-state index contributed by atoms with van der Waals surface area (Å²) in [5.74, 6) is 1.44. The van der Waals surface area contributed by atoms with E-state index in [4.69, 9.17) is 4.98 Å². The van der Waals surface area contributed by atoms with E-state index in [0.29, 0.717) is 50.0 Å². The van der Waals surface area contributed by atoms with Crippen LogP contribution in [0.5, 0.6) is 0 Å². The van der Waals surface area contributed by atoms with E-state index >= 15 is 0 Å². The molecule has 2 aromatic heterocycles. The fourth-order valence-electron chi connectivity index (χ4n) is 4.09. The average molecular weight is 355 g/mol. The van der Waals surface area contributed by atoms with Gasteiger partial charge in [-0.2, -0.15) is 0 Å². The maximum atomic E-state index is 12.7. The molecular weight excluding hydrogens is 330 g/mol. The van der Waals surface area contributed by atoms with E-state index in [0.717, 1.165) is 6.42 Å². The van der Waals surface area contributed by atoms with Gasteiger partial charge in [-0.05, 0) is 25.2 Å². The summed E-state index contributed by atoms with van der Waals surface area (Å²) < 4.78 is 3.61. The van der Waals surface area contributed by atoms with Gasteiger partial charge in [-0.3, -0.25) is 14.2 Å². The average Bonchev–Trinajstić information content (AvgIpc) is 3.26. The summed E-state index contributed by atoms with van der Waals surface area (Å²) in [7, 11) is 0. The quantitative estimate of drug-likeness (QED) is 0.838. The Labute approximate surface area is 152 Å². The third kappa shape index (κ3) is 3.71. The molecule has 0 bridgehead atoms. The summed E-state index contributed by atoms with van der Waals surface area (Å²) in [4.78, 5) is 35.9. The molecule has 3 heterocycles. The number of nitrogens with zero attached hydrogens (tertiary/aromatic N) is 5. The second kappa shape index (κ2) is 7.43. The molecule has 0 aromatic carbocycles. The van der Waals surface area contributed by atoms with Gasteiger partial charge in [0.25, 0.3) is 5.56 Å². The number of carbonyl (C=O) groups excluding carboxylic acids is 1. The number of imidazole rings is 1. The Bertz CT molecular complexity index is 821. The monoisotopic (exact) mass is 355 g/mol. The van der Waals surface area contributed by atoms with Gasteiger partial charge in [-0.15, -0.1) is 0 Å². The van der Waals surface area contributed by atoms with Gasteiger partial charge in [0.2, 0.25) is 5.91 Å². The minimum Gasteiger partial charge on any atom is -0.335 e. The molecule has 4 rings (SSSR count). The highest BCUT2D eigenvalue weighted by Crippen LogP contribution is 2.28. The first-order valence-corrected chi connectivity index (χ1v) is 9.52. The van der Waals surface area contributed by atoms with Crippen LogP contribution in [0.2, 0.25) is 0 Å². The molecule has 1 amide bonds. The predicted molar refractivity (Wildman–Crippen MR) is 96.4 cm³/mol. The smallest absolute Gasteiger partial charge is 0.253 e. The van der Waals surface area contributed by atoms with Crippen molar-refractivity contribution < 1.29 is 4.79 Å². The number of aromatic nitrogens is 4. The topological polar surface area (TPSA) is 73.0 Å². The van der Waals surface area contributed by atoms with Gasteiger partial charge in [0.05, 0.1) is 25.1 Å². The SMILES string of the molecule is O=C(CC1CCCC1)N1CCCn2c(nc(Cn3ccnc3)cc2=O)C1. The van der Waals surface area contributed by atoms with Gasteiger partial charge in [0.15, 0.2) is 0 Å². The molecule has 2 aromatic rings. The van der Waals surface area contributed by atoms with Crippen molar-refractivity contribution in [1.82, 2.24) is 24.0 Å². The van der Waals surface area contributed by atoms with Crippen molar-refractivity contribution >= 4 is 5.91 Å². The van der Waals surface area contributed by atoms with Crippen LogP contribution < -0.4 is 5.56 Å². The zero-order valence-corrected chi connectivity index (χ0v) is 15.0. The largest absolute Gasteiger partial charge is 0.335 e. The Hall–Kier alpha value is -2.44. The van der Waals surface area contributed by atoms with Crippen LogP contribution in [0.4, 0.5) is 0 Å². The molecule has 0 N–H and O–H groups in total. The molecule has 0 radical (unpaired) electrons. The number of hydrogen-bond acceptors (Lipinski definition) is 4. The first kappa shape index (κ1) is 17.0. The van der Waals surface area contributed by atoms with E-state index in [1.54, 1.807) is 23.2 Å². The molecule has 0 spiro atoms. The highest BCUT2D eigenvalue weighted by atomic mass is 16.2. The highest BCUT2D eigenvalue weighted by molar-refractivity contribution is 5.76. The summed E-state index contributed by atoms with van der Waals surface area (Å²) in [6, 6.07) is 1.60. The maximum Gasteiger partial charge on any atom is 0.253 e. The number of fused-ring (bicyclic) bond motifs is 1. The van der Waals surface area contributed by atoms with Crippen LogP contribution in [-0.2, 0) is 24.4 Å². The lowest BCUT2D eigenvalue weighted by molar-refractivity contribution is -0.132. The second-order valence-corrected chi connectivity index (χ2v) is 7.41. The van der Waals surface area contributed by atoms with Crippen molar-refractivity contribution in [3.63, 3.8) is 0 Å². The van der Waals surface area contributed by atoms with Gasteiger partial charge >= 0.3 is 0 Å². The van der Waals surface area contributed by atoms with Crippen LogP contribution in [-0.4, -0.2) is 36.5 Å². The lowest BCUT2D eigenvalue weighted by atomic mass is 10.0. The Balaban J connectivity index is 1.53. The van der Waals surface area contributed by atoms with Crippen molar-refractivity contribution in [3.8, 4) is 0 Å². The van der Waals surface area contributed by atoms with Crippen LogP contribution in [0.3, 0.4) is 0 Å². The Morgan fingerprint density at radius 3 is 2.81 bits per heavy atom. The second-order valence-electron chi connectivity index (χ2n) is 7.41. The van der Waals surface area contributed by atoms with Crippen LogP contribution in [0, 0.1) is 5.92 Å². The van der Waals surface area contributed by atoms with Crippen molar-refractivity contribution in [2.45, 2.75) is 58.2 Å². The Morgan fingerprint density at radius 1 is 1.19 bits per heavy atom. The van der Waals surface area contributed by atoms with Crippen LogP contribution in [0.25, 0.3) is 0 Å². The van der Waals surface area contributed by atoms with E-state index in [2.05, 4.69) is 4.98 Å². The molecule has 0 atom stereocenters. The molecule has 0 saturated heterocycles. The van der Waals surface area contributed by atoms with Crippen LogP contribution in [0.1, 0.15) is 50.0 Å². The third-order valence-electron chi connectivity index (χ3n) is 5.48. The molecular formula is C19H25N5O2. The van der Waals surface area contributed by atoms with Gasteiger partial charge < -0.3 is 9.47 Å². The van der Waals surface area contributed by atoms with E-state index in [-0.39, 0.29) is 11.5 Å². The predicted octanol–water partition coefficient (Wildman–Crippen LogP) is 1.80. The number of hydrogen-bond donors (Lipinski definition) is 0. The molecule has 26 heavy (non-hydrogen) atoms. The molecule has 138 valence electrons. The standard InChI is InChI=1S/C19H25N5O2/c25-18(10-15-4-1-2-5-15)23-7-3-8-24-17(13-23)21-16(11-19(24)26)12-22-9-6-20-14-22/h6,9,11,14-15H,1-5,7-8,10,12-13H2. The van der Waals surface area contributed by atoms with Gasteiger partial charge in [0.1, 0.15) is 5.82 Å². The van der Waals surface area contributed by atoms with E-state index < -0.39 is 0 Å². The summed E-state index contributed by atoms with van der Waals surface area (Å²) in [6.45, 7) is 2.27. The zero-order chi connectivity index (χ0) is 17.9. The molecule has 7 heteroatoms. The van der Waals surface area contributed by atoms with Crippen molar-refractivity contribution in [2.24, 2.45) is 5.92 Å². The van der Waals surface area contributed by atoms with Crippen molar-refractivity contribution in [1.29, 1.82) is 0 Å². The normalized spacial score (nSPS) is 17.9. The summed E-state index contributed by atoms with van der Waals surface area (Å²) in [6.07, 6.45) is 11.5. The summed E-state index contributed by atoms with van der Waals surface area (Å²) >= 11 is 0. The first-order valence-electron chi connectivity index (χ1n) is 9.52. The lowest BCUT2D eigenvalue weighted by Crippen LogP contribution is -2.33. The molecule has 1 saturated carbocycles. The van der Waals surface area contributed by atoms with Gasteiger partial charge in [0, 0.05) is 38.0 Å². The summed E-state index contributed by atoms with van der Waals surface area (Å²) in [5, 5.41) is 0. The van der Waals surface area contributed by atoms with Crippen molar-refractivity contribution in [2.75, 3.05) is 6.54 Å². The Kier molecular flexibility index (Phi) is 4.86. The fourth-order valence-corrected chi connectivity index (χ4v) is 4.09. The van der Waals surface area contributed by atoms with Gasteiger partial charge in [-0.25, -0.2) is 9.97 Å². The number of carbonyl (C=O) groups is 1. The maximum absolute atomic E-state index is 12.7. The van der Waals surface area contributed by atoms with E-state index in [1.807, 2.05) is 15.7 Å². The zero-order valence-electron chi connectivity index (χ0n) is 15.0. The first-order chi connectivity index (χ1) is 12.7. The minimum absolute atomic E-state index is 0.0322. The molecule has 2 aliphatic rings. The molecule has 1 fully saturated rings. The molecule has 7 nitrogen and oxygen atoms in total. The molecule has 1 aliphatic carbocycles. The fraction of sp³-hybridized carbons (Fsp3) is 0.579. The highest BCUT2D eigenvalue weighted by Gasteiger charge is 2.25. The van der Waals surface area contributed by atoms with Crippen molar-refractivity contribution in [3.05, 3.63) is 46.7 Å². The molecule has 0 unspecified atom stereocenters. The van der Waals surface area contributed by atoms with E-state index in [1.165, 1.54) is 25.7 Å². The van der Waals surface area contributed by atoms with Crippen LogP contribution in [0.15, 0.2) is 29.6 Å². The number of rotatable bonds is 4. The third-order valence-corrected chi connectivity index (χ3v) is 5.48. The van der Waals surface area contributed by atoms with Gasteiger partial charge in [-0.1, -0.05) is 12.8 Å². The summed E-state index contributed by atoms with van der Waals surface area (Å²) in [5.41, 5.74) is 0.680. The lowest BCUT2D eigenvalue weighted by Gasteiger charge is -2.22.